The molecule has 0 bridgehead atoms. The average molecular weight is 974 g/mol. The molecule has 3 atom stereocenters. The van der Waals surface area contributed by atoms with Crippen molar-refractivity contribution in [2.24, 2.45) is 0 Å². The first kappa shape index (κ1) is 65.9. The van der Waals surface area contributed by atoms with Gasteiger partial charge in [0.1, 0.15) is 13.2 Å². The molecule has 0 aromatic heterocycles. The first-order chi connectivity index (χ1) is 33.0. The molecule has 0 aliphatic rings. The van der Waals surface area contributed by atoms with Gasteiger partial charge >= 0.3 is 0 Å². The third-order valence-corrected chi connectivity index (χ3v) is 13.4. The van der Waals surface area contributed by atoms with E-state index in [4.69, 9.17) is 9.05 Å². The number of hydrogen-bond donors (Lipinski definition) is 2. The summed E-state index contributed by atoms with van der Waals surface area (Å²) in [6.07, 6.45) is 68.2. The van der Waals surface area contributed by atoms with Gasteiger partial charge in [-0.3, -0.25) is 9.36 Å². The summed E-state index contributed by atoms with van der Waals surface area (Å²) in [5.41, 5.74) is 0. The number of carbonyl (C=O) groups is 1. The van der Waals surface area contributed by atoms with Gasteiger partial charge in [-0.05, 0) is 64.2 Å². The number of allylic oxidation sites excluding steroid dienone is 11. The van der Waals surface area contributed by atoms with Crippen molar-refractivity contribution >= 4 is 13.7 Å². The van der Waals surface area contributed by atoms with E-state index in [0.29, 0.717) is 17.4 Å². The number of phosphoric acid groups is 1. The van der Waals surface area contributed by atoms with Crippen LogP contribution in [0.3, 0.4) is 0 Å². The number of rotatable bonds is 51. The van der Waals surface area contributed by atoms with Crippen molar-refractivity contribution in [3.8, 4) is 0 Å². The molecule has 0 aliphatic heterocycles. The monoisotopic (exact) mass is 973 g/mol. The Morgan fingerprint density at radius 1 is 0.529 bits per heavy atom. The van der Waals surface area contributed by atoms with E-state index in [1.807, 2.05) is 27.2 Å². The van der Waals surface area contributed by atoms with Gasteiger partial charge in [0, 0.05) is 6.42 Å². The smallest absolute Gasteiger partial charge is 0.268 e. The van der Waals surface area contributed by atoms with E-state index in [1.165, 1.54) is 154 Å². The minimum atomic E-state index is -4.60. The first-order valence-electron chi connectivity index (χ1n) is 28.3. The van der Waals surface area contributed by atoms with Crippen LogP contribution in [0.4, 0.5) is 0 Å². The van der Waals surface area contributed by atoms with Gasteiger partial charge in [0.2, 0.25) is 5.91 Å². The SMILES string of the molecule is CC/C=C\C/C=C\C/C=C\C/C=C\C/C=C\CCCCCCCCCCCCCC(=O)NC(COP(=O)([O-])OCC[N+](C)(C)C)C(O)/C=C/CCCCCCCCCCCCCCCCCCC. The summed E-state index contributed by atoms with van der Waals surface area (Å²) in [5.74, 6) is -0.202. The molecule has 0 fully saturated rings. The van der Waals surface area contributed by atoms with Gasteiger partial charge in [0.25, 0.3) is 7.82 Å². The second kappa shape index (κ2) is 49.9. The summed E-state index contributed by atoms with van der Waals surface area (Å²) in [5, 5.41) is 13.9. The molecule has 9 heteroatoms. The molecule has 0 spiro atoms. The summed E-state index contributed by atoms with van der Waals surface area (Å²) < 4.78 is 23.3. The van der Waals surface area contributed by atoms with Gasteiger partial charge in [-0.25, -0.2) is 0 Å². The van der Waals surface area contributed by atoms with Crippen molar-refractivity contribution in [1.82, 2.24) is 5.32 Å². The quantitative estimate of drug-likeness (QED) is 0.0272. The van der Waals surface area contributed by atoms with Crippen LogP contribution >= 0.6 is 7.82 Å². The number of nitrogens with one attached hydrogen (secondary N) is 1. The summed E-state index contributed by atoms with van der Waals surface area (Å²) in [6, 6.07) is -0.892. The van der Waals surface area contributed by atoms with E-state index >= 15 is 0 Å². The van der Waals surface area contributed by atoms with Gasteiger partial charge in [0.05, 0.1) is 39.9 Å². The molecule has 0 aromatic carbocycles. The Bertz CT molecular complexity index is 1330. The highest BCUT2D eigenvalue weighted by atomic mass is 31.2. The van der Waals surface area contributed by atoms with Gasteiger partial charge in [-0.1, -0.05) is 247 Å². The fourth-order valence-electron chi connectivity index (χ4n) is 8.00. The Balaban J connectivity index is 4.23. The largest absolute Gasteiger partial charge is 0.756 e. The minimum absolute atomic E-state index is 0.00387. The maximum absolute atomic E-state index is 13.0. The lowest BCUT2D eigenvalue weighted by Crippen LogP contribution is -2.45. The molecule has 0 saturated carbocycles. The molecule has 1 amide bonds. The summed E-state index contributed by atoms with van der Waals surface area (Å²) in [4.78, 5) is 25.5. The lowest BCUT2D eigenvalue weighted by molar-refractivity contribution is -0.870. The van der Waals surface area contributed by atoms with E-state index < -0.39 is 20.0 Å². The number of phosphoric ester groups is 1. The van der Waals surface area contributed by atoms with Crippen molar-refractivity contribution in [2.75, 3.05) is 40.9 Å². The number of nitrogens with zero attached hydrogens (tertiary/aromatic N) is 1. The summed E-state index contributed by atoms with van der Waals surface area (Å²) >= 11 is 0. The van der Waals surface area contributed by atoms with E-state index in [1.54, 1.807) is 6.08 Å². The highest BCUT2D eigenvalue weighted by Gasteiger charge is 2.23. The number of quaternary nitrogens is 1. The van der Waals surface area contributed by atoms with Crippen LogP contribution in [0.1, 0.15) is 245 Å². The fourth-order valence-corrected chi connectivity index (χ4v) is 8.73. The Labute approximate surface area is 421 Å². The lowest BCUT2D eigenvalue weighted by atomic mass is 10.0. The van der Waals surface area contributed by atoms with Gasteiger partial charge in [-0.15, -0.1) is 0 Å². The van der Waals surface area contributed by atoms with Crippen LogP contribution in [0.25, 0.3) is 0 Å². The van der Waals surface area contributed by atoms with Crippen LogP contribution in [-0.4, -0.2) is 68.5 Å². The maximum Gasteiger partial charge on any atom is 0.268 e. The fraction of sp³-hybridized carbons (Fsp3) is 0.780. The minimum Gasteiger partial charge on any atom is -0.756 e. The summed E-state index contributed by atoms with van der Waals surface area (Å²) in [7, 11) is 1.26. The van der Waals surface area contributed by atoms with Crippen molar-refractivity contribution in [2.45, 2.75) is 257 Å². The van der Waals surface area contributed by atoms with Crippen molar-refractivity contribution in [1.29, 1.82) is 0 Å². The Kier molecular flexibility index (Phi) is 48.4. The molecule has 0 rings (SSSR count). The third-order valence-electron chi connectivity index (χ3n) is 12.4. The number of unbranched alkanes of at least 4 members (excludes halogenated alkanes) is 28. The van der Waals surface area contributed by atoms with E-state index in [9.17, 15) is 19.4 Å². The first-order valence-corrected chi connectivity index (χ1v) is 29.8. The Morgan fingerprint density at radius 3 is 1.31 bits per heavy atom. The second-order valence-corrected chi connectivity index (χ2v) is 21.7. The van der Waals surface area contributed by atoms with Gasteiger partial charge in [-0.2, -0.15) is 0 Å². The zero-order valence-corrected chi connectivity index (χ0v) is 45.9. The van der Waals surface area contributed by atoms with E-state index in [2.05, 4.69) is 79.9 Å². The summed E-state index contributed by atoms with van der Waals surface area (Å²) in [6.45, 7) is 4.55. The molecule has 68 heavy (non-hydrogen) atoms. The van der Waals surface area contributed by atoms with Crippen LogP contribution < -0.4 is 10.2 Å². The van der Waals surface area contributed by atoms with Crippen LogP contribution in [0.2, 0.25) is 0 Å². The molecular formula is C59H109N2O6P. The molecule has 8 nitrogen and oxygen atoms in total. The zero-order chi connectivity index (χ0) is 49.9. The topological polar surface area (TPSA) is 108 Å². The molecule has 0 saturated heterocycles. The zero-order valence-electron chi connectivity index (χ0n) is 45.0. The Morgan fingerprint density at radius 2 is 0.897 bits per heavy atom. The molecular weight excluding hydrogens is 864 g/mol. The average Bonchev–Trinajstić information content (AvgIpc) is 3.30. The van der Waals surface area contributed by atoms with Crippen LogP contribution in [-0.2, 0) is 18.4 Å². The van der Waals surface area contributed by atoms with Crippen LogP contribution in [0, 0.1) is 0 Å². The Hall–Kier alpha value is -2.06. The number of carbonyl (C=O) groups excluding carboxylic acids is 1. The standard InChI is InChI=1S/C59H109N2O6P/c1-6-8-10-12-14-16-18-20-22-24-26-27-28-29-30-31-32-33-35-37-39-41-43-45-47-49-51-53-59(63)60-57(56-67-68(64,65)66-55-54-61(3,4)5)58(62)52-50-48-46-44-42-40-38-36-34-25-23-21-19-17-15-13-11-9-7-2/h8,10,14,16,20,22,26-27,29-30,50,52,57-58,62H,6-7,9,11-13,15,17-19,21,23-25,28,31-49,51,53-56H2,1-5H3,(H-,60,63,64,65)/b10-8-,16-14-,22-20-,27-26-,30-29-,52-50+. The predicted octanol–water partition coefficient (Wildman–Crippen LogP) is 16.5. The van der Waals surface area contributed by atoms with Gasteiger partial charge < -0.3 is 28.8 Å². The normalized spacial score (nSPS) is 14.5. The number of aliphatic hydroxyl groups excluding tert-OH is 1. The number of amides is 1. The highest BCUT2D eigenvalue weighted by molar-refractivity contribution is 7.45. The van der Waals surface area contributed by atoms with Crippen molar-refractivity contribution < 1.29 is 32.9 Å². The highest BCUT2D eigenvalue weighted by Crippen LogP contribution is 2.38. The second-order valence-electron chi connectivity index (χ2n) is 20.3. The maximum atomic E-state index is 13.0. The van der Waals surface area contributed by atoms with Crippen molar-refractivity contribution in [3.05, 3.63) is 72.9 Å². The van der Waals surface area contributed by atoms with E-state index in [0.717, 1.165) is 70.6 Å². The molecule has 396 valence electrons. The predicted molar refractivity (Wildman–Crippen MR) is 293 cm³/mol. The molecule has 2 N–H and O–H groups in total. The van der Waals surface area contributed by atoms with E-state index in [-0.39, 0.29) is 19.1 Å². The number of likely N-dealkylation sites (N-methyl/N-ethyl adjacent to an activating group) is 1. The molecule has 0 aromatic rings. The van der Waals surface area contributed by atoms with Crippen LogP contribution in [0.15, 0.2) is 72.9 Å². The molecule has 0 heterocycles. The van der Waals surface area contributed by atoms with Gasteiger partial charge in [0.15, 0.2) is 0 Å². The number of aliphatic hydroxyl groups is 1. The third kappa shape index (κ3) is 51.8. The number of hydrogen-bond acceptors (Lipinski definition) is 6. The molecule has 0 aliphatic carbocycles. The van der Waals surface area contributed by atoms with Crippen molar-refractivity contribution in [3.63, 3.8) is 0 Å². The molecule has 0 radical (unpaired) electrons. The lowest BCUT2D eigenvalue weighted by Gasteiger charge is -2.29. The van der Waals surface area contributed by atoms with Crippen LogP contribution in [0.5, 0.6) is 0 Å². The molecule has 3 unspecified atom stereocenters.